The van der Waals surface area contributed by atoms with Crippen molar-refractivity contribution in [2.75, 3.05) is 7.11 Å². The Kier molecular flexibility index (Phi) is 3.42. The van der Waals surface area contributed by atoms with Crippen LogP contribution in [0, 0.1) is 0 Å². The van der Waals surface area contributed by atoms with Crippen LogP contribution in [0.5, 0.6) is 17.2 Å². The zero-order valence-electron chi connectivity index (χ0n) is 10.8. The molecule has 0 aliphatic carbocycles. The van der Waals surface area contributed by atoms with E-state index in [1.807, 2.05) is 0 Å². The lowest BCUT2D eigenvalue weighted by molar-refractivity contribution is -0.129. The predicted molar refractivity (Wildman–Crippen MR) is 72.6 cm³/mol. The molecule has 0 spiro atoms. The molecule has 19 heavy (non-hydrogen) atoms. The number of methoxy groups -OCH3 is 1. The summed E-state index contributed by atoms with van der Waals surface area (Å²) in [6.07, 6.45) is 0. The topological polar surface area (TPSA) is 55.8 Å². The highest BCUT2D eigenvalue weighted by atomic mass is 16.5. The number of ether oxygens (including phenoxy) is 2. The molecule has 0 bridgehead atoms. The first-order valence-electron chi connectivity index (χ1n) is 5.71. The molecule has 0 aliphatic heterocycles. The SMILES string of the molecule is C=C(C)C(=O)Oc1ccc(O)c2c(OC)cccc12. The summed E-state index contributed by atoms with van der Waals surface area (Å²) >= 11 is 0. The monoisotopic (exact) mass is 258 g/mol. The molecular weight excluding hydrogens is 244 g/mol. The lowest BCUT2D eigenvalue weighted by atomic mass is 10.1. The Labute approximate surface area is 110 Å². The van der Waals surface area contributed by atoms with Gasteiger partial charge in [0.15, 0.2) is 0 Å². The molecule has 98 valence electrons. The highest BCUT2D eigenvalue weighted by Crippen LogP contribution is 2.38. The quantitative estimate of drug-likeness (QED) is 0.522. The number of esters is 1. The van der Waals surface area contributed by atoms with Gasteiger partial charge in [-0.05, 0) is 25.1 Å². The molecule has 1 N–H and O–H groups in total. The van der Waals surface area contributed by atoms with Gasteiger partial charge in [-0.15, -0.1) is 0 Å². The molecule has 0 saturated heterocycles. The molecule has 4 nitrogen and oxygen atoms in total. The van der Waals surface area contributed by atoms with Gasteiger partial charge < -0.3 is 14.6 Å². The van der Waals surface area contributed by atoms with Crippen molar-refractivity contribution in [1.82, 2.24) is 0 Å². The fourth-order valence-electron chi connectivity index (χ4n) is 1.77. The fraction of sp³-hybridized carbons (Fsp3) is 0.133. The summed E-state index contributed by atoms with van der Waals surface area (Å²) in [7, 11) is 1.51. The Hall–Kier alpha value is -2.49. The van der Waals surface area contributed by atoms with Gasteiger partial charge in [0.1, 0.15) is 17.2 Å². The molecule has 0 heterocycles. The summed E-state index contributed by atoms with van der Waals surface area (Å²) in [5.74, 6) is 0.445. The van der Waals surface area contributed by atoms with Crippen LogP contribution in [-0.2, 0) is 4.79 Å². The van der Waals surface area contributed by atoms with E-state index >= 15 is 0 Å². The first kappa shape index (κ1) is 13.0. The third-order valence-corrected chi connectivity index (χ3v) is 2.71. The molecule has 0 radical (unpaired) electrons. The van der Waals surface area contributed by atoms with E-state index in [1.165, 1.54) is 19.2 Å². The van der Waals surface area contributed by atoms with E-state index in [9.17, 15) is 9.90 Å². The molecule has 0 atom stereocenters. The standard InChI is InChI=1S/C15H14O4/c1-9(2)15(17)19-12-8-7-11(16)14-10(12)5-4-6-13(14)18-3/h4-8,16H,1H2,2-3H3. The van der Waals surface area contributed by atoms with E-state index in [0.29, 0.717) is 27.8 Å². The number of carbonyl (C=O) groups excluding carboxylic acids is 1. The number of phenols is 1. The average Bonchev–Trinajstić information content (AvgIpc) is 2.41. The first-order chi connectivity index (χ1) is 9.04. The summed E-state index contributed by atoms with van der Waals surface area (Å²) in [4.78, 5) is 11.6. The van der Waals surface area contributed by atoms with Gasteiger partial charge in [0.2, 0.25) is 0 Å². The molecule has 4 heteroatoms. The molecule has 0 aromatic heterocycles. The van der Waals surface area contributed by atoms with Crippen molar-refractivity contribution in [3.8, 4) is 17.2 Å². The second kappa shape index (κ2) is 5.02. The summed E-state index contributed by atoms with van der Waals surface area (Å²) in [6.45, 7) is 5.11. The molecule has 0 saturated carbocycles. The van der Waals surface area contributed by atoms with Crippen molar-refractivity contribution in [2.24, 2.45) is 0 Å². The Morgan fingerprint density at radius 3 is 2.58 bits per heavy atom. The molecule has 2 aromatic carbocycles. The Morgan fingerprint density at radius 1 is 1.21 bits per heavy atom. The number of phenolic OH excluding ortho intramolecular Hbond substituents is 1. The summed E-state index contributed by atoms with van der Waals surface area (Å²) < 4.78 is 10.4. The van der Waals surface area contributed by atoms with Crippen molar-refractivity contribution < 1.29 is 19.4 Å². The van der Waals surface area contributed by atoms with E-state index in [4.69, 9.17) is 9.47 Å². The fourth-order valence-corrected chi connectivity index (χ4v) is 1.77. The van der Waals surface area contributed by atoms with Gasteiger partial charge in [-0.3, -0.25) is 0 Å². The van der Waals surface area contributed by atoms with E-state index in [2.05, 4.69) is 6.58 Å². The number of rotatable bonds is 3. The lowest BCUT2D eigenvalue weighted by Gasteiger charge is -2.11. The van der Waals surface area contributed by atoms with Crippen LogP contribution in [0.4, 0.5) is 0 Å². The molecule has 0 amide bonds. The maximum atomic E-state index is 11.6. The maximum absolute atomic E-state index is 11.6. The van der Waals surface area contributed by atoms with E-state index in [0.717, 1.165) is 0 Å². The Morgan fingerprint density at radius 2 is 1.95 bits per heavy atom. The van der Waals surface area contributed by atoms with Crippen LogP contribution in [0.15, 0.2) is 42.5 Å². The summed E-state index contributed by atoms with van der Waals surface area (Å²) in [6, 6.07) is 8.24. The minimum Gasteiger partial charge on any atom is -0.507 e. The number of aromatic hydroxyl groups is 1. The van der Waals surface area contributed by atoms with E-state index in [1.54, 1.807) is 25.1 Å². The van der Waals surface area contributed by atoms with Gasteiger partial charge >= 0.3 is 5.97 Å². The molecule has 2 aromatic rings. The molecule has 0 unspecified atom stereocenters. The smallest absolute Gasteiger partial charge is 0.338 e. The van der Waals surface area contributed by atoms with E-state index < -0.39 is 5.97 Å². The van der Waals surface area contributed by atoms with Crippen LogP contribution in [0.1, 0.15) is 6.92 Å². The third-order valence-electron chi connectivity index (χ3n) is 2.71. The largest absolute Gasteiger partial charge is 0.507 e. The van der Waals surface area contributed by atoms with Crippen molar-refractivity contribution in [3.63, 3.8) is 0 Å². The van der Waals surface area contributed by atoms with Crippen LogP contribution in [-0.4, -0.2) is 18.2 Å². The van der Waals surface area contributed by atoms with Gasteiger partial charge in [0, 0.05) is 11.0 Å². The molecule has 0 aliphatic rings. The van der Waals surface area contributed by atoms with Crippen LogP contribution in [0.25, 0.3) is 10.8 Å². The number of benzene rings is 2. The van der Waals surface area contributed by atoms with Crippen molar-refractivity contribution >= 4 is 16.7 Å². The van der Waals surface area contributed by atoms with Gasteiger partial charge in [-0.1, -0.05) is 18.7 Å². The predicted octanol–water partition coefficient (Wildman–Crippen LogP) is 3.04. The van der Waals surface area contributed by atoms with Gasteiger partial charge in [-0.25, -0.2) is 4.79 Å². The van der Waals surface area contributed by atoms with E-state index in [-0.39, 0.29) is 5.75 Å². The zero-order valence-corrected chi connectivity index (χ0v) is 10.8. The van der Waals surface area contributed by atoms with Crippen molar-refractivity contribution in [1.29, 1.82) is 0 Å². The summed E-state index contributed by atoms with van der Waals surface area (Å²) in [5.41, 5.74) is 0.309. The lowest BCUT2D eigenvalue weighted by Crippen LogP contribution is -2.08. The minimum absolute atomic E-state index is 0.0718. The normalized spacial score (nSPS) is 10.2. The van der Waals surface area contributed by atoms with Gasteiger partial charge in [0.25, 0.3) is 0 Å². The molecule has 0 fully saturated rings. The number of carbonyl (C=O) groups is 1. The summed E-state index contributed by atoms with van der Waals surface area (Å²) in [5, 5.41) is 11.0. The second-order valence-electron chi connectivity index (χ2n) is 4.14. The molecule has 2 rings (SSSR count). The number of fused-ring (bicyclic) bond motifs is 1. The van der Waals surface area contributed by atoms with Crippen molar-refractivity contribution in [3.05, 3.63) is 42.5 Å². The Bertz CT molecular complexity index is 658. The zero-order chi connectivity index (χ0) is 14.0. The van der Waals surface area contributed by atoms with Crippen LogP contribution >= 0.6 is 0 Å². The van der Waals surface area contributed by atoms with Crippen LogP contribution < -0.4 is 9.47 Å². The highest BCUT2D eigenvalue weighted by Gasteiger charge is 2.13. The molecular formula is C15H14O4. The average molecular weight is 258 g/mol. The van der Waals surface area contributed by atoms with Crippen LogP contribution in [0.2, 0.25) is 0 Å². The Balaban J connectivity index is 2.61. The van der Waals surface area contributed by atoms with Crippen molar-refractivity contribution in [2.45, 2.75) is 6.92 Å². The van der Waals surface area contributed by atoms with Gasteiger partial charge in [-0.2, -0.15) is 0 Å². The first-order valence-corrected chi connectivity index (χ1v) is 5.71. The number of hydrogen-bond acceptors (Lipinski definition) is 4. The third kappa shape index (κ3) is 2.38. The van der Waals surface area contributed by atoms with Gasteiger partial charge in [0.05, 0.1) is 12.5 Å². The maximum Gasteiger partial charge on any atom is 0.338 e. The second-order valence-corrected chi connectivity index (χ2v) is 4.14. The minimum atomic E-state index is -0.505. The number of hydrogen-bond donors (Lipinski definition) is 1. The highest BCUT2D eigenvalue weighted by molar-refractivity contribution is 6.00. The van der Waals surface area contributed by atoms with Crippen LogP contribution in [0.3, 0.4) is 0 Å².